The van der Waals surface area contributed by atoms with Crippen molar-refractivity contribution in [3.63, 3.8) is 0 Å². The van der Waals surface area contributed by atoms with Crippen LogP contribution >= 0.6 is 0 Å². The Bertz CT molecular complexity index is 860. The lowest BCUT2D eigenvalue weighted by atomic mass is 9.83. The van der Waals surface area contributed by atoms with Gasteiger partial charge < -0.3 is 4.74 Å². The minimum absolute atomic E-state index is 0.471. The molecule has 0 bridgehead atoms. The average Bonchev–Trinajstić information content (AvgIpc) is 3.19. The predicted molar refractivity (Wildman–Crippen MR) is 125 cm³/mol. The molecule has 31 heavy (non-hydrogen) atoms. The maximum absolute atomic E-state index is 5.92. The van der Waals surface area contributed by atoms with Gasteiger partial charge in [-0.15, -0.1) is 0 Å². The number of methoxy groups -OCH3 is 1. The van der Waals surface area contributed by atoms with Gasteiger partial charge in [-0.1, -0.05) is 61.7 Å². The van der Waals surface area contributed by atoms with Crippen molar-refractivity contribution in [1.82, 2.24) is 9.96 Å². The molecule has 166 valence electrons. The van der Waals surface area contributed by atoms with Crippen LogP contribution in [0.2, 0.25) is 0 Å². The zero-order valence-corrected chi connectivity index (χ0v) is 19.0. The summed E-state index contributed by atoms with van der Waals surface area (Å²) in [6, 6.07) is 18.5. The molecule has 0 radical (unpaired) electrons. The number of piperidine rings is 1. The third-order valence-electron chi connectivity index (χ3n) is 7.81. The molecule has 2 aliphatic heterocycles. The van der Waals surface area contributed by atoms with Gasteiger partial charge in [0, 0.05) is 43.7 Å². The Morgan fingerprint density at radius 1 is 1.00 bits per heavy atom. The van der Waals surface area contributed by atoms with Crippen LogP contribution in [0.15, 0.2) is 48.5 Å². The van der Waals surface area contributed by atoms with E-state index in [-0.39, 0.29) is 0 Å². The van der Waals surface area contributed by atoms with Gasteiger partial charge in [0.15, 0.2) is 0 Å². The second kappa shape index (κ2) is 9.32. The van der Waals surface area contributed by atoms with E-state index < -0.39 is 0 Å². The normalized spacial score (nSPS) is 27.9. The van der Waals surface area contributed by atoms with Gasteiger partial charge in [-0.05, 0) is 42.4 Å². The van der Waals surface area contributed by atoms with Crippen molar-refractivity contribution < 1.29 is 9.57 Å². The Labute approximate surface area is 187 Å². The standard InChI is InChI=1S/C27H36N2O2/c1-28-25-16-26(29(18-23(25)19-31-28)17-20-8-4-3-5-9-20)22-14-12-21(13-15-22)24-10-6-7-11-27(24)30-2/h6-7,10-15,20,23,25-26H,3-5,8-9,16-19H2,1-2H3/t23-,25-,26-/m0/s1. The van der Waals surface area contributed by atoms with E-state index >= 15 is 0 Å². The van der Waals surface area contributed by atoms with Gasteiger partial charge in [-0.2, -0.15) is 5.06 Å². The van der Waals surface area contributed by atoms with E-state index in [4.69, 9.17) is 9.57 Å². The van der Waals surface area contributed by atoms with Gasteiger partial charge in [0.25, 0.3) is 0 Å². The van der Waals surface area contributed by atoms with E-state index in [0.717, 1.165) is 36.8 Å². The van der Waals surface area contributed by atoms with E-state index in [1.165, 1.54) is 49.8 Å². The summed E-state index contributed by atoms with van der Waals surface area (Å²) in [5.74, 6) is 2.43. The first kappa shape index (κ1) is 21.0. The summed E-state index contributed by atoms with van der Waals surface area (Å²) in [5.41, 5.74) is 3.81. The molecule has 5 rings (SSSR count). The number of hydrogen-bond acceptors (Lipinski definition) is 4. The summed E-state index contributed by atoms with van der Waals surface area (Å²) < 4.78 is 5.58. The van der Waals surface area contributed by atoms with Crippen molar-refractivity contribution >= 4 is 0 Å². The van der Waals surface area contributed by atoms with Gasteiger partial charge >= 0.3 is 0 Å². The molecule has 4 nitrogen and oxygen atoms in total. The van der Waals surface area contributed by atoms with E-state index in [1.54, 1.807) is 7.11 Å². The minimum atomic E-state index is 0.471. The van der Waals surface area contributed by atoms with Crippen LogP contribution in [0.25, 0.3) is 11.1 Å². The molecular weight excluding hydrogens is 384 g/mol. The molecule has 2 saturated heterocycles. The molecule has 2 aromatic carbocycles. The molecule has 2 heterocycles. The molecule has 0 aromatic heterocycles. The Hall–Kier alpha value is -1.88. The first-order valence-electron chi connectivity index (χ1n) is 12.1. The van der Waals surface area contributed by atoms with Gasteiger partial charge in [-0.3, -0.25) is 9.74 Å². The SMILES string of the molecule is COc1ccccc1-c1ccc([C@@H]2C[C@H]3[C@H](CON3C)CN2CC2CCCCC2)cc1. The number of hydroxylamine groups is 2. The third kappa shape index (κ3) is 4.39. The Morgan fingerprint density at radius 2 is 1.77 bits per heavy atom. The van der Waals surface area contributed by atoms with Crippen LogP contribution in [0, 0.1) is 11.8 Å². The summed E-state index contributed by atoms with van der Waals surface area (Å²) in [5, 5.41) is 2.12. The van der Waals surface area contributed by atoms with E-state index in [0.29, 0.717) is 18.0 Å². The van der Waals surface area contributed by atoms with Crippen LogP contribution in [0.3, 0.4) is 0 Å². The minimum Gasteiger partial charge on any atom is -0.496 e. The number of hydrogen-bond donors (Lipinski definition) is 0. The van der Waals surface area contributed by atoms with Crippen molar-refractivity contribution in [1.29, 1.82) is 0 Å². The highest BCUT2D eigenvalue weighted by molar-refractivity contribution is 5.70. The third-order valence-corrected chi connectivity index (χ3v) is 7.81. The number of benzene rings is 2. The quantitative estimate of drug-likeness (QED) is 0.633. The predicted octanol–water partition coefficient (Wildman–Crippen LogP) is 5.55. The Kier molecular flexibility index (Phi) is 6.31. The molecule has 3 fully saturated rings. The van der Waals surface area contributed by atoms with Crippen molar-refractivity contribution in [2.75, 3.05) is 33.9 Å². The van der Waals surface area contributed by atoms with Crippen LogP contribution in [-0.4, -0.2) is 49.9 Å². The molecule has 0 unspecified atom stereocenters. The average molecular weight is 421 g/mol. The highest BCUT2D eigenvalue weighted by Gasteiger charge is 2.43. The largest absolute Gasteiger partial charge is 0.496 e. The zero-order valence-electron chi connectivity index (χ0n) is 19.0. The smallest absolute Gasteiger partial charge is 0.126 e. The lowest BCUT2D eigenvalue weighted by Gasteiger charge is -2.44. The number of likely N-dealkylation sites (tertiary alicyclic amines) is 1. The van der Waals surface area contributed by atoms with Crippen LogP contribution in [0.1, 0.15) is 50.1 Å². The second-order valence-corrected chi connectivity index (χ2v) is 9.70. The molecule has 1 aliphatic carbocycles. The molecule has 0 amide bonds. The fourth-order valence-electron chi connectivity index (χ4n) is 6.06. The van der Waals surface area contributed by atoms with Gasteiger partial charge in [-0.25, -0.2) is 0 Å². The van der Waals surface area contributed by atoms with E-state index in [1.807, 2.05) is 12.1 Å². The van der Waals surface area contributed by atoms with Gasteiger partial charge in [0.1, 0.15) is 5.75 Å². The molecule has 2 aromatic rings. The highest BCUT2D eigenvalue weighted by Crippen LogP contribution is 2.41. The van der Waals surface area contributed by atoms with Crippen molar-refractivity contribution in [2.24, 2.45) is 11.8 Å². The number of ether oxygens (including phenoxy) is 1. The fraction of sp³-hybridized carbons (Fsp3) is 0.556. The van der Waals surface area contributed by atoms with Gasteiger partial charge in [0.05, 0.1) is 13.7 Å². The fourth-order valence-corrected chi connectivity index (χ4v) is 6.06. The first-order chi connectivity index (χ1) is 15.2. The molecule has 3 atom stereocenters. The number of nitrogens with zero attached hydrogens (tertiary/aromatic N) is 2. The first-order valence-corrected chi connectivity index (χ1v) is 12.1. The Balaban J connectivity index is 1.39. The summed E-state index contributed by atoms with van der Waals surface area (Å²) in [4.78, 5) is 8.71. The van der Waals surface area contributed by atoms with E-state index in [2.05, 4.69) is 53.4 Å². The van der Waals surface area contributed by atoms with Crippen LogP contribution in [0.5, 0.6) is 5.75 Å². The Morgan fingerprint density at radius 3 is 2.55 bits per heavy atom. The second-order valence-electron chi connectivity index (χ2n) is 9.70. The number of fused-ring (bicyclic) bond motifs is 1. The number of para-hydroxylation sites is 1. The van der Waals surface area contributed by atoms with Gasteiger partial charge in [0.2, 0.25) is 0 Å². The summed E-state index contributed by atoms with van der Waals surface area (Å²) >= 11 is 0. The molecular formula is C27H36N2O2. The van der Waals surface area contributed by atoms with Crippen LogP contribution in [0.4, 0.5) is 0 Å². The van der Waals surface area contributed by atoms with E-state index in [9.17, 15) is 0 Å². The summed E-state index contributed by atoms with van der Waals surface area (Å²) in [6.07, 6.45) is 8.21. The molecule has 3 aliphatic rings. The molecule has 1 saturated carbocycles. The summed E-state index contributed by atoms with van der Waals surface area (Å²) in [6.45, 7) is 3.28. The lowest BCUT2D eigenvalue weighted by molar-refractivity contribution is -0.115. The molecule has 4 heteroatoms. The maximum atomic E-state index is 5.92. The van der Waals surface area contributed by atoms with Crippen LogP contribution < -0.4 is 4.74 Å². The van der Waals surface area contributed by atoms with Crippen molar-refractivity contribution in [2.45, 2.75) is 50.6 Å². The number of rotatable bonds is 5. The summed E-state index contributed by atoms with van der Waals surface area (Å²) in [7, 11) is 3.86. The van der Waals surface area contributed by atoms with Crippen LogP contribution in [-0.2, 0) is 4.84 Å². The highest BCUT2D eigenvalue weighted by atomic mass is 16.7. The molecule has 0 N–H and O–H groups in total. The topological polar surface area (TPSA) is 24.9 Å². The van der Waals surface area contributed by atoms with Crippen molar-refractivity contribution in [3.8, 4) is 16.9 Å². The lowest BCUT2D eigenvalue weighted by Crippen LogP contribution is -2.48. The monoisotopic (exact) mass is 420 g/mol. The van der Waals surface area contributed by atoms with Crippen molar-refractivity contribution in [3.05, 3.63) is 54.1 Å². The molecule has 0 spiro atoms. The maximum Gasteiger partial charge on any atom is 0.126 e. The zero-order chi connectivity index (χ0) is 21.2.